The third-order valence-electron chi connectivity index (χ3n) is 4.28. The molecule has 4 nitrogen and oxygen atoms in total. The molecule has 2 aromatic rings. The van der Waals surface area contributed by atoms with Crippen molar-refractivity contribution in [3.8, 4) is 0 Å². The molecule has 0 fully saturated rings. The molecule has 3 rings (SSSR count). The van der Waals surface area contributed by atoms with Crippen molar-refractivity contribution >= 4 is 17.6 Å². The first kappa shape index (κ1) is 16.7. The van der Waals surface area contributed by atoms with Crippen molar-refractivity contribution in [2.45, 2.75) is 24.9 Å². The predicted molar refractivity (Wildman–Crippen MR) is 90.4 cm³/mol. The summed E-state index contributed by atoms with van der Waals surface area (Å²) in [6, 6.07) is 10.7. The lowest BCUT2D eigenvalue weighted by Crippen LogP contribution is -2.40. The molecule has 0 spiro atoms. The Kier molecular flexibility index (Phi) is 5.02. The Hall–Kier alpha value is -2.11. The molecule has 0 radical (unpaired) electrons. The molecule has 0 bridgehead atoms. The molecule has 2 aromatic carbocycles. The quantitative estimate of drug-likeness (QED) is 0.792. The van der Waals surface area contributed by atoms with Crippen molar-refractivity contribution in [2.24, 2.45) is 0 Å². The van der Waals surface area contributed by atoms with E-state index in [0.717, 1.165) is 11.1 Å². The van der Waals surface area contributed by atoms with Gasteiger partial charge >= 0.3 is 6.03 Å². The second kappa shape index (κ2) is 7.20. The predicted octanol–water partition coefficient (Wildman–Crippen LogP) is 3.50. The number of nitrogens with one attached hydrogen (secondary N) is 2. The molecule has 0 heterocycles. The smallest absolute Gasteiger partial charge is 0.315 e. The molecule has 2 atom stereocenters. The summed E-state index contributed by atoms with van der Waals surface area (Å²) in [6.07, 6.45) is 1.27. The monoisotopic (exact) mass is 348 g/mol. The molecule has 24 heavy (non-hydrogen) atoms. The van der Waals surface area contributed by atoms with Gasteiger partial charge in [0.15, 0.2) is 0 Å². The third kappa shape index (κ3) is 3.52. The Morgan fingerprint density at radius 1 is 1.29 bits per heavy atom. The molecule has 2 unspecified atom stereocenters. The number of hydrogen-bond acceptors (Lipinski definition) is 2. The number of urea groups is 1. The molecule has 3 N–H and O–H groups in total. The summed E-state index contributed by atoms with van der Waals surface area (Å²) >= 11 is 5.85. The fraction of sp³-hybridized carbons (Fsp3) is 0.278. The highest BCUT2D eigenvalue weighted by Crippen LogP contribution is 2.32. The Morgan fingerprint density at radius 2 is 2.04 bits per heavy atom. The first-order valence-electron chi connectivity index (χ1n) is 7.79. The van der Waals surface area contributed by atoms with Gasteiger partial charge in [0.25, 0.3) is 0 Å². The molecule has 0 aliphatic heterocycles. The van der Waals surface area contributed by atoms with Crippen molar-refractivity contribution < 1.29 is 14.3 Å². The van der Waals surface area contributed by atoms with Crippen LogP contribution in [0.4, 0.5) is 9.18 Å². The highest BCUT2D eigenvalue weighted by Gasteiger charge is 2.26. The topological polar surface area (TPSA) is 61.4 Å². The fourth-order valence-corrected chi connectivity index (χ4v) is 3.17. The van der Waals surface area contributed by atoms with Crippen LogP contribution in [0, 0.1) is 5.82 Å². The van der Waals surface area contributed by atoms with Crippen LogP contribution in [0.1, 0.15) is 35.2 Å². The summed E-state index contributed by atoms with van der Waals surface area (Å²) < 4.78 is 13.7. The highest BCUT2D eigenvalue weighted by molar-refractivity contribution is 6.30. The SMILES string of the molecule is O=C(NC(CO)c1ccc(Cl)cc1)NC1CCc2c(F)cccc21. The van der Waals surface area contributed by atoms with Crippen LogP contribution in [0.2, 0.25) is 5.02 Å². The van der Waals surface area contributed by atoms with E-state index in [1.165, 1.54) is 6.07 Å². The number of carbonyl (C=O) groups excluding carboxylic acids is 1. The van der Waals surface area contributed by atoms with E-state index in [9.17, 15) is 14.3 Å². The number of aliphatic hydroxyl groups excluding tert-OH is 1. The number of rotatable bonds is 4. The van der Waals surface area contributed by atoms with Crippen molar-refractivity contribution in [1.29, 1.82) is 0 Å². The van der Waals surface area contributed by atoms with E-state index in [4.69, 9.17) is 11.6 Å². The second-order valence-corrected chi connectivity index (χ2v) is 6.24. The minimum atomic E-state index is -0.532. The lowest BCUT2D eigenvalue weighted by Gasteiger charge is -2.20. The van der Waals surface area contributed by atoms with Crippen LogP contribution >= 0.6 is 11.6 Å². The van der Waals surface area contributed by atoms with E-state index in [1.54, 1.807) is 30.3 Å². The Balaban J connectivity index is 1.66. The first-order chi connectivity index (χ1) is 11.6. The standard InChI is InChI=1S/C18H18ClFN2O2/c19-12-6-4-11(5-7-12)17(10-23)22-18(24)21-16-9-8-13-14(16)2-1-3-15(13)20/h1-7,16-17,23H,8-10H2,(H2,21,22,24). The summed E-state index contributed by atoms with van der Waals surface area (Å²) in [5.74, 6) is -0.230. The van der Waals surface area contributed by atoms with Crippen LogP contribution in [0.5, 0.6) is 0 Å². The van der Waals surface area contributed by atoms with Gasteiger partial charge in [0.05, 0.1) is 18.7 Å². The van der Waals surface area contributed by atoms with E-state index >= 15 is 0 Å². The average molecular weight is 349 g/mol. The zero-order valence-corrected chi connectivity index (χ0v) is 13.7. The third-order valence-corrected chi connectivity index (χ3v) is 4.53. The van der Waals surface area contributed by atoms with E-state index in [1.807, 2.05) is 6.07 Å². The van der Waals surface area contributed by atoms with Crippen molar-refractivity contribution in [2.75, 3.05) is 6.61 Å². The van der Waals surface area contributed by atoms with Crippen molar-refractivity contribution in [3.05, 3.63) is 70.0 Å². The summed E-state index contributed by atoms with van der Waals surface area (Å²) in [5.41, 5.74) is 2.24. The molecule has 1 aliphatic rings. The molecule has 0 saturated heterocycles. The molecule has 6 heteroatoms. The van der Waals surface area contributed by atoms with E-state index in [-0.39, 0.29) is 18.5 Å². The lowest BCUT2D eigenvalue weighted by molar-refractivity contribution is 0.214. The van der Waals surface area contributed by atoms with Crippen LogP contribution in [0.15, 0.2) is 42.5 Å². The molecular weight excluding hydrogens is 331 g/mol. The molecule has 0 saturated carbocycles. The number of benzene rings is 2. The van der Waals surface area contributed by atoms with Gasteiger partial charge in [-0.2, -0.15) is 0 Å². The summed E-state index contributed by atoms with van der Waals surface area (Å²) in [5, 5.41) is 15.7. The zero-order chi connectivity index (χ0) is 17.1. The highest BCUT2D eigenvalue weighted by atomic mass is 35.5. The van der Waals surface area contributed by atoms with E-state index in [0.29, 0.717) is 23.4 Å². The van der Waals surface area contributed by atoms with Crippen LogP contribution in [-0.2, 0) is 6.42 Å². The van der Waals surface area contributed by atoms with Crippen LogP contribution in [-0.4, -0.2) is 17.7 Å². The largest absolute Gasteiger partial charge is 0.394 e. The van der Waals surface area contributed by atoms with E-state index in [2.05, 4.69) is 10.6 Å². The number of hydrogen-bond donors (Lipinski definition) is 3. The van der Waals surface area contributed by atoms with Gasteiger partial charge in [-0.15, -0.1) is 0 Å². The second-order valence-electron chi connectivity index (χ2n) is 5.80. The molecule has 1 aliphatic carbocycles. The Morgan fingerprint density at radius 3 is 2.75 bits per heavy atom. The summed E-state index contributed by atoms with van der Waals surface area (Å²) in [6.45, 7) is -0.231. The van der Waals surface area contributed by atoms with E-state index < -0.39 is 12.1 Å². The molecule has 0 aromatic heterocycles. The number of aliphatic hydroxyl groups is 1. The maximum atomic E-state index is 13.7. The maximum absolute atomic E-state index is 13.7. The normalized spacial score (nSPS) is 17.2. The molecular formula is C18H18ClFN2O2. The van der Waals surface area contributed by atoms with Crippen LogP contribution in [0.25, 0.3) is 0 Å². The van der Waals surface area contributed by atoms with Gasteiger partial charge in [-0.25, -0.2) is 9.18 Å². The van der Waals surface area contributed by atoms with Gasteiger partial charge in [-0.3, -0.25) is 0 Å². The van der Waals surface area contributed by atoms with Crippen molar-refractivity contribution in [3.63, 3.8) is 0 Å². The van der Waals surface area contributed by atoms with Gasteiger partial charge < -0.3 is 15.7 Å². The number of amides is 2. The summed E-state index contributed by atoms with van der Waals surface area (Å²) in [4.78, 5) is 12.3. The average Bonchev–Trinajstić information content (AvgIpc) is 2.98. The minimum Gasteiger partial charge on any atom is -0.394 e. The van der Waals surface area contributed by atoms with Gasteiger partial charge in [0, 0.05) is 5.02 Å². The zero-order valence-electron chi connectivity index (χ0n) is 12.9. The molecule has 126 valence electrons. The van der Waals surface area contributed by atoms with Crippen molar-refractivity contribution in [1.82, 2.24) is 10.6 Å². The maximum Gasteiger partial charge on any atom is 0.315 e. The Labute approximate surface area is 144 Å². The van der Waals surface area contributed by atoms with Gasteiger partial charge in [0.1, 0.15) is 5.82 Å². The molecule has 2 amide bonds. The first-order valence-corrected chi connectivity index (χ1v) is 8.17. The minimum absolute atomic E-state index is 0.222. The van der Waals surface area contributed by atoms with Crippen LogP contribution in [0.3, 0.4) is 0 Å². The number of carbonyl (C=O) groups is 1. The fourth-order valence-electron chi connectivity index (χ4n) is 3.05. The Bertz CT molecular complexity index is 736. The van der Waals surface area contributed by atoms with Gasteiger partial charge in [-0.05, 0) is 47.7 Å². The van der Waals surface area contributed by atoms with Gasteiger partial charge in [-0.1, -0.05) is 35.9 Å². The number of fused-ring (bicyclic) bond motifs is 1. The van der Waals surface area contributed by atoms with Gasteiger partial charge in [0.2, 0.25) is 0 Å². The summed E-state index contributed by atoms with van der Waals surface area (Å²) in [7, 11) is 0. The number of halogens is 2. The lowest BCUT2D eigenvalue weighted by atomic mass is 10.1. The van der Waals surface area contributed by atoms with Crippen LogP contribution < -0.4 is 10.6 Å².